The van der Waals surface area contributed by atoms with E-state index in [0.717, 1.165) is 0 Å². The quantitative estimate of drug-likeness (QED) is 0.448. The van der Waals surface area contributed by atoms with Crippen LogP contribution in [0, 0.1) is 10.1 Å². The molecule has 0 aromatic heterocycles. The van der Waals surface area contributed by atoms with Gasteiger partial charge in [-0.3, -0.25) is 10.1 Å². The molecule has 146 valence electrons. The van der Waals surface area contributed by atoms with E-state index in [1.54, 1.807) is 26.8 Å². The van der Waals surface area contributed by atoms with Crippen molar-refractivity contribution in [3.63, 3.8) is 0 Å². The molecule has 1 N–H and O–H groups in total. The van der Waals surface area contributed by atoms with E-state index in [-0.39, 0.29) is 21.9 Å². The zero-order valence-electron chi connectivity index (χ0n) is 15.6. The maximum Gasteiger partial charge on any atom is 0.336 e. The van der Waals surface area contributed by atoms with Crippen LogP contribution in [0.15, 0.2) is 46.1 Å². The fourth-order valence-corrected chi connectivity index (χ4v) is 5.17. The molecule has 1 unspecified atom stereocenters. The maximum atomic E-state index is 13.0. The number of methoxy groups -OCH3 is 1. The number of esters is 1. The first-order valence-corrected chi connectivity index (χ1v) is 10.0. The monoisotopic (exact) mass is 394 g/mol. The number of nitro benzene ring substituents is 1. The average Bonchev–Trinajstić information content (AvgIpc) is 2.60. The highest BCUT2D eigenvalue weighted by Crippen LogP contribution is 2.42. The second kappa shape index (κ2) is 7.91. The lowest BCUT2D eigenvalue weighted by atomic mass is 9.86. The van der Waals surface area contributed by atoms with Crippen LogP contribution in [0.4, 0.5) is 5.69 Å². The summed E-state index contributed by atoms with van der Waals surface area (Å²) in [5, 5.41) is 14.1. The van der Waals surface area contributed by atoms with Crippen molar-refractivity contribution in [1.29, 1.82) is 0 Å². The van der Waals surface area contributed by atoms with E-state index in [0.29, 0.717) is 23.4 Å². The van der Waals surface area contributed by atoms with Gasteiger partial charge in [0.05, 0.1) is 34.2 Å². The largest absolute Gasteiger partial charge is 0.466 e. The van der Waals surface area contributed by atoms with E-state index in [4.69, 9.17) is 4.74 Å². The molecule has 9 heteroatoms. The van der Waals surface area contributed by atoms with E-state index < -0.39 is 26.6 Å². The highest BCUT2D eigenvalue weighted by Gasteiger charge is 2.39. The van der Waals surface area contributed by atoms with Gasteiger partial charge in [0.25, 0.3) is 5.69 Å². The molecular formula is C18H22N2O6S. The van der Waals surface area contributed by atoms with Crippen molar-refractivity contribution in [3.8, 4) is 0 Å². The molecule has 0 saturated heterocycles. The van der Waals surface area contributed by atoms with Crippen LogP contribution in [0.1, 0.15) is 38.7 Å². The Bertz CT molecular complexity index is 946. The predicted molar refractivity (Wildman–Crippen MR) is 100 cm³/mol. The summed E-state index contributed by atoms with van der Waals surface area (Å²) in [6.07, 6.45) is 0.400. The van der Waals surface area contributed by atoms with Gasteiger partial charge in [-0.2, -0.15) is 0 Å². The van der Waals surface area contributed by atoms with E-state index >= 15 is 0 Å². The minimum atomic E-state index is -3.71. The van der Waals surface area contributed by atoms with Crippen molar-refractivity contribution >= 4 is 21.5 Å². The Labute approximate surface area is 158 Å². The third-order valence-corrected chi connectivity index (χ3v) is 6.48. The molecular weight excluding hydrogens is 372 g/mol. The van der Waals surface area contributed by atoms with Crippen LogP contribution >= 0.6 is 0 Å². The Morgan fingerprint density at radius 1 is 1.30 bits per heavy atom. The Morgan fingerprint density at radius 3 is 2.52 bits per heavy atom. The summed E-state index contributed by atoms with van der Waals surface area (Å²) in [4.78, 5) is 23.1. The number of benzene rings is 1. The summed E-state index contributed by atoms with van der Waals surface area (Å²) in [5.74, 6) is -1.76. The van der Waals surface area contributed by atoms with Crippen molar-refractivity contribution in [2.75, 3.05) is 12.9 Å². The minimum absolute atomic E-state index is 0.0378. The van der Waals surface area contributed by atoms with Gasteiger partial charge in [0.1, 0.15) is 0 Å². The third-order valence-electron chi connectivity index (χ3n) is 4.33. The van der Waals surface area contributed by atoms with Crippen LogP contribution in [0.2, 0.25) is 0 Å². The number of nitrogens with zero attached hydrogens (tertiary/aromatic N) is 1. The molecule has 1 atom stereocenters. The summed E-state index contributed by atoms with van der Waals surface area (Å²) in [5.41, 5.74) is 1.13. The zero-order chi connectivity index (χ0) is 20.4. The minimum Gasteiger partial charge on any atom is -0.466 e. The first kappa shape index (κ1) is 20.6. The number of nitro groups is 1. The number of allylic oxidation sites excluding steroid dienone is 3. The lowest BCUT2D eigenvalue weighted by Gasteiger charge is -2.31. The molecule has 0 bridgehead atoms. The van der Waals surface area contributed by atoms with Crippen molar-refractivity contribution in [1.82, 2.24) is 5.32 Å². The highest BCUT2D eigenvalue weighted by molar-refractivity contribution is 7.95. The number of ether oxygens (including phenoxy) is 1. The van der Waals surface area contributed by atoms with Gasteiger partial charge in [-0.05, 0) is 25.8 Å². The summed E-state index contributed by atoms with van der Waals surface area (Å²) >= 11 is 0. The van der Waals surface area contributed by atoms with Crippen molar-refractivity contribution in [3.05, 3.63) is 61.8 Å². The van der Waals surface area contributed by atoms with Crippen molar-refractivity contribution in [2.24, 2.45) is 0 Å². The van der Waals surface area contributed by atoms with E-state index in [1.807, 2.05) is 0 Å². The second-order valence-corrected chi connectivity index (χ2v) is 8.33. The molecule has 8 nitrogen and oxygen atoms in total. The van der Waals surface area contributed by atoms with E-state index in [1.165, 1.54) is 25.3 Å². The van der Waals surface area contributed by atoms with Gasteiger partial charge in [-0.25, -0.2) is 13.2 Å². The topological polar surface area (TPSA) is 116 Å². The standard InChI is InChI=1S/C18H22N2O6S/c1-5-9-27(24,25)17-12(3)19-11(2)15(18(21)26-4)16(17)13-7-6-8-14(10-13)20(22)23/h6-8,10,16,19H,5,9H2,1-4H3. The van der Waals surface area contributed by atoms with E-state index in [9.17, 15) is 23.3 Å². The number of sulfone groups is 1. The molecule has 1 aliphatic heterocycles. The molecule has 0 aliphatic carbocycles. The van der Waals surface area contributed by atoms with Crippen LogP contribution < -0.4 is 5.32 Å². The number of nitrogens with one attached hydrogen (secondary N) is 1. The fraction of sp³-hybridized carbons (Fsp3) is 0.389. The summed E-state index contributed by atoms with van der Waals surface area (Å²) < 4.78 is 30.8. The van der Waals surface area contributed by atoms with Gasteiger partial charge in [0.2, 0.25) is 0 Å². The predicted octanol–water partition coefficient (Wildman–Crippen LogP) is 2.78. The smallest absolute Gasteiger partial charge is 0.336 e. The molecule has 1 heterocycles. The van der Waals surface area contributed by atoms with Crippen LogP contribution in [-0.4, -0.2) is 32.2 Å². The number of rotatable bonds is 6. The maximum absolute atomic E-state index is 13.0. The van der Waals surface area contributed by atoms with Crippen molar-refractivity contribution in [2.45, 2.75) is 33.1 Å². The summed E-state index contributed by atoms with van der Waals surface area (Å²) in [7, 11) is -2.50. The summed E-state index contributed by atoms with van der Waals surface area (Å²) in [6.45, 7) is 5.00. The third kappa shape index (κ3) is 4.02. The Morgan fingerprint density at radius 2 is 1.96 bits per heavy atom. The normalized spacial score (nSPS) is 17.6. The lowest BCUT2D eigenvalue weighted by Crippen LogP contribution is -2.32. The molecule has 0 spiro atoms. The molecule has 1 aromatic rings. The first-order chi connectivity index (χ1) is 12.6. The number of hydrogen-bond donors (Lipinski definition) is 1. The number of carbonyl (C=O) groups excluding carboxylic acids is 1. The molecule has 1 aliphatic rings. The van der Waals surface area contributed by atoms with Gasteiger partial charge in [-0.15, -0.1) is 0 Å². The lowest BCUT2D eigenvalue weighted by molar-refractivity contribution is -0.384. The van der Waals surface area contributed by atoms with Crippen LogP contribution in [0.3, 0.4) is 0 Å². The number of non-ortho nitro benzene ring substituents is 1. The zero-order valence-corrected chi connectivity index (χ0v) is 16.4. The Balaban J connectivity index is 2.79. The Kier molecular flexibility index (Phi) is 6.04. The molecule has 0 fully saturated rings. The summed E-state index contributed by atoms with van der Waals surface area (Å²) in [6, 6.07) is 5.66. The first-order valence-electron chi connectivity index (χ1n) is 8.38. The SMILES string of the molecule is CCCS(=O)(=O)C1=C(C)NC(C)=C(C(=O)OC)C1c1cccc([N+](=O)[O-])c1. The van der Waals surface area contributed by atoms with Gasteiger partial charge in [0.15, 0.2) is 9.84 Å². The molecule has 2 rings (SSSR count). The van der Waals surface area contributed by atoms with Gasteiger partial charge >= 0.3 is 5.97 Å². The van der Waals surface area contributed by atoms with Crippen LogP contribution in [-0.2, 0) is 19.4 Å². The van der Waals surface area contributed by atoms with Crippen LogP contribution in [0.5, 0.6) is 0 Å². The van der Waals surface area contributed by atoms with Crippen LogP contribution in [0.25, 0.3) is 0 Å². The van der Waals surface area contributed by atoms with Gasteiger partial charge < -0.3 is 10.1 Å². The number of hydrogen-bond acceptors (Lipinski definition) is 7. The Hall–Kier alpha value is -2.68. The fourth-order valence-electron chi connectivity index (χ4n) is 3.28. The van der Waals surface area contributed by atoms with Gasteiger partial charge in [0, 0.05) is 23.5 Å². The molecule has 0 amide bonds. The molecule has 0 radical (unpaired) electrons. The molecule has 0 saturated carbocycles. The van der Waals surface area contributed by atoms with E-state index in [2.05, 4.69) is 5.32 Å². The number of dihydropyridines is 1. The molecule has 27 heavy (non-hydrogen) atoms. The number of carbonyl (C=O) groups is 1. The molecule has 1 aromatic carbocycles. The van der Waals surface area contributed by atoms with Gasteiger partial charge in [-0.1, -0.05) is 19.1 Å². The van der Waals surface area contributed by atoms with Crippen molar-refractivity contribution < 1.29 is 22.9 Å². The highest BCUT2D eigenvalue weighted by atomic mass is 32.2. The second-order valence-electron chi connectivity index (χ2n) is 6.25. The average molecular weight is 394 g/mol.